The second kappa shape index (κ2) is 7.92. The number of hydrogen-bond donors (Lipinski definition) is 3. The number of carbonyl (C=O) groups excluding carboxylic acids is 2. The molecule has 0 saturated carbocycles. The van der Waals surface area contributed by atoms with E-state index in [1.54, 1.807) is 0 Å². The number of halogens is 1. The molecule has 10 heteroatoms. The van der Waals surface area contributed by atoms with Crippen LogP contribution in [-0.2, 0) is 10.0 Å². The van der Waals surface area contributed by atoms with Crippen molar-refractivity contribution in [1.29, 1.82) is 0 Å². The van der Waals surface area contributed by atoms with E-state index in [2.05, 4.69) is 15.6 Å². The fourth-order valence-electron chi connectivity index (χ4n) is 2.17. The largest absolute Gasteiger partial charge is 0.459 e. The van der Waals surface area contributed by atoms with Crippen LogP contribution in [-0.4, -0.2) is 20.2 Å². The molecule has 2 aromatic carbocycles. The Balaban J connectivity index is 1.62. The summed E-state index contributed by atoms with van der Waals surface area (Å²) in [6, 6.07) is 12.8. The SMILES string of the molecule is O=C(NNC(=O)c1ccco1)c1ccc(NS(=O)(=O)c2ccc(F)cc2)cc1. The van der Waals surface area contributed by atoms with E-state index < -0.39 is 27.7 Å². The Morgan fingerprint density at radius 2 is 1.50 bits per heavy atom. The van der Waals surface area contributed by atoms with Crippen molar-refractivity contribution in [3.8, 4) is 0 Å². The average Bonchev–Trinajstić information content (AvgIpc) is 3.21. The van der Waals surface area contributed by atoms with Gasteiger partial charge >= 0.3 is 5.91 Å². The number of benzene rings is 2. The number of amides is 2. The molecule has 1 heterocycles. The van der Waals surface area contributed by atoms with Gasteiger partial charge in [0.05, 0.1) is 11.2 Å². The van der Waals surface area contributed by atoms with Gasteiger partial charge in [-0.2, -0.15) is 0 Å². The van der Waals surface area contributed by atoms with Crippen molar-refractivity contribution in [1.82, 2.24) is 10.9 Å². The molecule has 2 amide bonds. The zero-order valence-corrected chi connectivity index (χ0v) is 15.0. The standard InChI is InChI=1S/C18H14FN3O5S/c19-13-5-9-15(10-6-13)28(25,26)22-14-7-3-12(4-8-14)17(23)20-21-18(24)16-2-1-11-27-16/h1-11,22H,(H,20,23)(H,21,24). The lowest BCUT2D eigenvalue weighted by Gasteiger charge is -2.09. The van der Waals surface area contributed by atoms with Crippen LogP contribution >= 0.6 is 0 Å². The number of nitrogens with one attached hydrogen (secondary N) is 3. The second-order valence-corrected chi connectivity index (χ2v) is 7.20. The summed E-state index contributed by atoms with van der Waals surface area (Å²) in [6.45, 7) is 0. The van der Waals surface area contributed by atoms with Gasteiger partial charge in [-0.1, -0.05) is 0 Å². The number of rotatable bonds is 5. The third kappa shape index (κ3) is 4.54. The maximum atomic E-state index is 12.9. The molecule has 0 fully saturated rings. The van der Waals surface area contributed by atoms with Crippen molar-refractivity contribution in [3.63, 3.8) is 0 Å². The van der Waals surface area contributed by atoms with Crippen molar-refractivity contribution < 1.29 is 26.8 Å². The third-order valence-electron chi connectivity index (χ3n) is 3.56. The van der Waals surface area contributed by atoms with Crippen LogP contribution in [0.2, 0.25) is 0 Å². The smallest absolute Gasteiger partial charge is 0.305 e. The van der Waals surface area contributed by atoms with Crippen molar-refractivity contribution in [2.45, 2.75) is 4.90 Å². The van der Waals surface area contributed by atoms with Crippen LogP contribution < -0.4 is 15.6 Å². The molecular weight excluding hydrogens is 389 g/mol. The zero-order chi connectivity index (χ0) is 20.1. The molecule has 8 nitrogen and oxygen atoms in total. The molecule has 3 N–H and O–H groups in total. The van der Waals surface area contributed by atoms with E-state index in [9.17, 15) is 22.4 Å². The number of hydrogen-bond acceptors (Lipinski definition) is 5. The van der Waals surface area contributed by atoms with Gasteiger partial charge in [-0.15, -0.1) is 0 Å². The van der Waals surface area contributed by atoms with Crippen molar-refractivity contribution in [2.75, 3.05) is 4.72 Å². The topological polar surface area (TPSA) is 118 Å². The average molecular weight is 403 g/mol. The van der Waals surface area contributed by atoms with Gasteiger partial charge in [0.1, 0.15) is 5.82 Å². The maximum absolute atomic E-state index is 12.9. The number of hydrazine groups is 1. The lowest BCUT2D eigenvalue weighted by atomic mass is 10.2. The molecule has 0 aliphatic heterocycles. The van der Waals surface area contributed by atoms with Gasteiger partial charge in [-0.25, -0.2) is 12.8 Å². The van der Waals surface area contributed by atoms with Crippen LogP contribution in [0.4, 0.5) is 10.1 Å². The lowest BCUT2D eigenvalue weighted by molar-refractivity contribution is 0.0831. The highest BCUT2D eigenvalue weighted by atomic mass is 32.2. The summed E-state index contributed by atoms with van der Waals surface area (Å²) >= 11 is 0. The summed E-state index contributed by atoms with van der Waals surface area (Å²) in [5.41, 5.74) is 4.79. The number of carbonyl (C=O) groups is 2. The molecule has 0 bridgehead atoms. The normalized spacial score (nSPS) is 10.9. The van der Waals surface area contributed by atoms with Gasteiger partial charge in [0, 0.05) is 11.3 Å². The Hall–Kier alpha value is -3.66. The maximum Gasteiger partial charge on any atom is 0.305 e. The molecule has 0 spiro atoms. The van der Waals surface area contributed by atoms with Crippen molar-refractivity contribution in [3.05, 3.63) is 84.1 Å². The van der Waals surface area contributed by atoms with E-state index in [1.165, 1.54) is 42.7 Å². The zero-order valence-electron chi connectivity index (χ0n) is 14.2. The molecule has 0 aliphatic rings. The fourth-order valence-corrected chi connectivity index (χ4v) is 3.23. The number of furan rings is 1. The molecule has 3 rings (SSSR count). The Labute approximate surface area is 159 Å². The van der Waals surface area contributed by atoms with Crippen LogP contribution in [0.3, 0.4) is 0 Å². The van der Waals surface area contributed by atoms with Gasteiger partial charge in [-0.3, -0.25) is 25.2 Å². The Morgan fingerprint density at radius 1 is 0.857 bits per heavy atom. The molecule has 28 heavy (non-hydrogen) atoms. The second-order valence-electron chi connectivity index (χ2n) is 5.52. The summed E-state index contributed by atoms with van der Waals surface area (Å²) in [6.07, 6.45) is 1.32. The molecule has 1 aromatic heterocycles. The molecular formula is C18H14FN3O5S. The molecule has 0 saturated heterocycles. The third-order valence-corrected chi connectivity index (χ3v) is 4.95. The summed E-state index contributed by atoms with van der Waals surface area (Å²) in [5.74, 6) is -1.74. The molecule has 3 aromatic rings. The Morgan fingerprint density at radius 3 is 2.11 bits per heavy atom. The summed E-state index contributed by atoms with van der Waals surface area (Å²) in [5, 5.41) is 0. The summed E-state index contributed by atoms with van der Waals surface area (Å²) in [4.78, 5) is 23.6. The van der Waals surface area contributed by atoms with E-state index in [-0.39, 0.29) is 21.9 Å². The predicted octanol–water partition coefficient (Wildman–Crippen LogP) is 2.29. The van der Waals surface area contributed by atoms with Crippen LogP contribution in [0.1, 0.15) is 20.9 Å². The molecule has 0 unspecified atom stereocenters. The quantitative estimate of drug-likeness (QED) is 0.565. The minimum absolute atomic E-state index is 0.0332. The van der Waals surface area contributed by atoms with Gasteiger partial charge < -0.3 is 4.42 Å². The summed E-state index contributed by atoms with van der Waals surface area (Å²) < 4.78 is 44.6. The van der Waals surface area contributed by atoms with E-state index in [0.717, 1.165) is 24.3 Å². The van der Waals surface area contributed by atoms with Crippen molar-refractivity contribution in [2.24, 2.45) is 0 Å². The first-order chi connectivity index (χ1) is 13.3. The number of sulfonamides is 1. The minimum atomic E-state index is -3.89. The highest BCUT2D eigenvalue weighted by Gasteiger charge is 2.15. The van der Waals surface area contributed by atoms with Crippen LogP contribution in [0.25, 0.3) is 0 Å². The highest BCUT2D eigenvalue weighted by molar-refractivity contribution is 7.92. The first kappa shape index (κ1) is 19.1. The Kier molecular flexibility index (Phi) is 5.41. The first-order valence-corrected chi connectivity index (χ1v) is 9.36. The van der Waals surface area contributed by atoms with E-state index >= 15 is 0 Å². The van der Waals surface area contributed by atoms with Crippen LogP contribution in [0, 0.1) is 5.82 Å². The predicted molar refractivity (Wildman–Crippen MR) is 97.3 cm³/mol. The lowest BCUT2D eigenvalue weighted by Crippen LogP contribution is -2.41. The molecule has 0 radical (unpaired) electrons. The first-order valence-electron chi connectivity index (χ1n) is 7.88. The van der Waals surface area contributed by atoms with Gasteiger partial charge in [0.2, 0.25) is 0 Å². The fraction of sp³-hybridized carbons (Fsp3) is 0. The van der Waals surface area contributed by atoms with E-state index in [1.807, 2.05) is 0 Å². The van der Waals surface area contributed by atoms with Gasteiger partial charge in [-0.05, 0) is 60.7 Å². The van der Waals surface area contributed by atoms with Gasteiger partial charge in [0.15, 0.2) is 5.76 Å². The molecule has 0 aliphatic carbocycles. The Bertz CT molecular complexity index is 1080. The van der Waals surface area contributed by atoms with Crippen molar-refractivity contribution >= 4 is 27.5 Å². The monoisotopic (exact) mass is 403 g/mol. The number of anilines is 1. The van der Waals surface area contributed by atoms with E-state index in [4.69, 9.17) is 4.42 Å². The summed E-state index contributed by atoms with van der Waals surface area (Å²) in [7, 11) is -3.89. The molecule has 144 valence electrons. The van der Waals surface area contributed by atoms with Gasteiger partial charge in [0.25, 0.3) is 15.9 Å². The minimum Gasteiger partial charge on any atom is -0.459 e. The molecule has 0 atom stereocenters. The van der Waals surface area contributed by atoms with Crippen LogP contribution in [0.15, 0.2) is 76.2 Å². The highest BCUT2D eigenvalue weighted by Crippen LogP contribution is 2.17. The van der Waals surface area contributed by atoms with E-state index in [0.29, 0.717) is 0 Å². The van der Waals surface area contributed by atoms with Crippen LogP contribution in [0.5, 0.6) is 0 Å².